The highest BCUT2D eigenvalue weighted by Gasteiger charge is 2.42. The lowest BCUT2D eigenvalue weighted by Crippen LogP contribution is -2.49. The first-order valence-electron chi connectivity index (χ1n) is 14.5. The van der Waals surface area contributed by atoms with Crippen LogP contribution in [-0.4, -0.2) is 39.3 Å². The second-order valence-corrected chi connectivity index (χ2v) is 13.5. The zero-order chi connectivity index (χ0) is 28.5. The van der Waals surface area contributed by atoms with Crippen LogP contribution in [0.4, 0.5) is 5.13 Å². The van der Waals surface area contributed by atoms with Gasteiger partial charge in [0, 0.05) is 47.1 Å². The average Bonchev–Trinajstić information content (AvgIpc) is 3.50. The third-order valence-electron chi connectivity index (χ3n) is 9.11. The Kier molecular flexibility index (Phi) is 6.44. The van der Waals surface area contributed by atoms with Gasteiger partial charge in [0.05, 0.1) is 25.8 Å². The molecule has 2 unspecified atom stereocenters. The van der Waals surface area contributed by atoms with E-state index in [9.17, 15) is 9.90 Å². The number of halogens is 2. The van der Waals surface area contributed by atoms with Crippen molar-refractivity contribution in [1.82, 2.24) is 15.5 Å². The number of carboxylic acids is 1. The fourth-order valence-electron chi connectivity index (χ4n) is 7.01. The number of piperidine rings is 1. The van der Waals surface area contributed by atoms with E-state index in [1.54, 1.807) is 17.4 Å². The second kappa shape index (κ2) is 10.2. The number of carbonyl (C=O) groups is 1. The zero-order valence-electron chi connectivity index (χ0n) is 22.6. The highest BCUT2D eigenvalue weighted by atomic mass is 35.5. The number of hydrogen-bond acceptors (Lipinski definition) is 7. The molecule has 2 bridgehead atoms. The zero-order valence-corrected chi connectivity index (χ0v) is 25.0. The number of rotatable bonds is 7. The van der Waals surface area contributed by atoms with E-state index in [-0.39, 0.29) is 0 Å². The molecule has 0 spiro atoms. The summed E-state index contributed by atoms with van der Waals surface area (Å²) in [6.45, 7) is 0.654. The number of hydrogen-bond donors (Lipinski definition) is 2. The summed E-state index contributed by atoms with van der Waals surface area (Å²) in [6, 6.07) is 16.1. The van der Waals surface area contributed by atoms with Gasteiger partial charge >= 0.3 is 5.97 Å². The molecular weight excluding hydrogens is 591 g/mol. The van der Waals surface area contributed by atoms with E-state index < -0.39 is 5.97 Å². The summed E-state index contributed by atoms with van der Waals surface area (Å²) in [4.78, 5) is 19.6. The minimum Gasteiger partial charge on any atom is -0.478 e. The molecule has 3 aliphatic rings. The van der Waals surface area contributed by atoms with Crippen LogP contribution in [0.15, 0.2) is 53.1 Å². The van der Waals surface area contributed by atoms with Crippen molar-refractivity contribution in [3.63, 3.8) is 0 Å². The van der Waals surface area contributed by atoms with Crippen LogP contribution in [0.25, 0.3) is 32.2 Å². The van der Waals surface area contributed by atoms with E-state index in [1.165, 1.54) is 0 Å². The first kappa shape index (κ1) is 26.5. The summed E-state index contributed by atoms with van der Waals surface area (Å²) in [6.07, 6.45) is 6.51. The van der Waals surface area contributed by atoms with Crippen molar-refractivity contribution < 1.29 is 14.4 Å². The van der Waals surface area contributed by atoms with E-state index in [4.69, 9.17) is 32.7 Å². The molecule has 2 saturated heterocycles. The fraction of sp³-hybridized carbons (Fsp3) is 0.344. The topological polar surface area (TPSA) is 91.5 Å². The Bertz CT molecular complexity index is 1830. The van der Waals surface area contributed by atoms with Crippen molar-refractivity contribution in [2.45, 2.75) is 69.1 Å². The summed E-state index contributed by atoms with van der Waals surface area (Å²) in [5.41, 5.74) is 3.76. The third kappa shape index (κ3) is 4.39. The number of anilines is 1. The molecule has 2 aromatic heterocycles. The normalized spacial score (nSPS) is 22.0. The fourth-order valence-corrected chi connectivity index (χ4v) is 8.76. The minimum absolute atomic E-state index is 0.330. The lowest BCUT2D eigenvalue weighted by molar-refractivity contribution is 0.0699. The summed E-state index contributed by atoms with van der Waals surface area (Å²) in [5, 5.41) is 21.9. The Hall–Kier alpha value is -3.17. The molecule has 3 fully saturated rings. The van der Waals surface area contributed by atoms with Gasteiger partial charge in [-0.2, -0.15) is 0 Å². The van der Waals surface area contributed by atoms with Crippen molar-refractivity contribution >= 4 is 66.6 Å². The molecule has 2 aliphatic heterocycles. The van der Waals surface area contributed by atoms with Crippen molar-refractivity contribution in [2.24, 2.45) is 0 Å². The Balaban J connectivity index is 1.05. The molecule has 8 rings (SSSR count). The quantitative estimate of drug-likeness (QED) is 0.189. The molecule has 5 aromatic rings. The monoisotopic (exact) mass is 618 g/mol. The number of aromatic nitrogens is 2. The maximum Gasteiger partial charge on any atom is 0.336 e. The molecule has 0 amide bonds. The Labute approximate surface area is 256 Å². The van der Waals surface area contributed by atoms with Crippen molar-refractivity contribution in [3.05, 3.63) is 75.5 Å². The van der Waals surface area contributed by atoms with E-state index in [1.807, 2.05) is 42.5 Å². The molecule has 2 atom stereocenters. The van der Waals surface area contributed by atoms with Gasteiger partial charge in [-0.25, -0.2) is 9.78 Å². The van der Waals surface area contributed by atoms with E-state index >= 15 is 0 Å². The molecular formula is C32H28Cl2N4O3S. The average molecular weight is 620 g/mol. The predicted molar refractivity (Wildman–Crippen MR) is 167 cm³/mol. The molecule has 2 N–H and O–H groups in total. The van der Waals surface area contributed by atoms with Crippen LogP contribution in [0.5, 0.6) is 0 Å². The van der Waals surface area contributed by atoms with Gasteiger partial charge in [0.2, 0.25) is 0 Å². The molecule has 42 heavy (non-hydrogen) atoms. The Morgan fingerprint density at radius 1 is 1.02 bits per heavy atom. The maximum atomic E-state index is 12.0. The number of nitrogens with zero attached hydrogens (tertiary/aromatic N) is 3. The molecule has 7 nitrogen and oxygen atoms in total. The first-order chi connectivity index (χ1) is 20.5. The van der Waals surface area contributed by atoms with Crippen molar-refractivity contribution in [2.75, 3.05) is 4.90 Å². The van der Waals surface area contributed by atoms with Gasteiger partial charge in [-0.1, -0.05) is 70.0 Å². The van der Waals surface area contributed by atoms with Gasteiger partial charge < -0.3 is 19.8 Å². The molecule has 1 aliphatic carbocycles. The number of thiazole rings is 1. The molecule has 10 heteroatoms. The largest absolute Gasteiger partial charge is 0.478 e. The Morgan fingerprint density at radius 3 is 2.43 bits per heavy atom. The summed E-state index contributed by atoms with van der Waals surface area (Å²) in [5.74, 6) is 0.461. The van der Waals surface area contributed by atoms with Gasteiger partial charge in [-0.3, -0.25) is 0 Å². The number of aromatic carboxylic acids is 1. The van der Waals surface area contributed by atoms with Crippen LogP contribution in [0.2, 0.25) is 10.0 Å². The molecule has 1 saturated carbocycles. The lowest BCUT2D eigenvalue weighted by atomic mass is 9.97. The number of nitrogens with one attached hydrogen (secondary N) is 1. The molecule has 0 radical (unpaired) electrons. The van der Waals surface area contributed by atoms with Crippen molar-refractivity contribution in [1.29, 1.82) is 0 Å². The number of benzene rings is 3. The molecule has 3 aromatic carbocycles. The van der Waals surface area contributed by atoms with E-state index in [0.29, 0.717) is 46.2 Å². The standard InChI is InChI=1S/C32H28Cl2N4O3S/c33-24-6-3-7-25(34)27(24)29-23(30(41-37-29)16-8-9-16)15-35-17-12-18-10-11-19(13-17)38(18)32-36-28-21-5-2-1-4-20(21)22(31(39)40)14-26(28)42-32/h1-7,14,16-19,35H,8-13,15H2,(H,39,40). The van der Waals surface area contributed by atoms with Crippen LogP contribution in [-0.2, 0) is 6.54 Å². The second-order valence-electron chi connectivity index (χ2n) is 11.7. The third-order valence-corrected chi connectivity index (χ3v) is 10.8. The van der Waals surface area contributed by atoms with Crippen LogP contribution in [0, 0.1) is 0 Å². The van der Waals surface area contributed by atoms with Gasteiger partial charge in [0.25, 0.3) is 0 Å². The SMILES string of the molecule is O=C(O)c1cc2sc(N3C4CCC3CC(NCc3c(-c5c(Cl)cccc5Cl)noc3C3CC3)C4)nc2c2ccccc12. The Morgan fingerprint density at radius 2 is 1.74 bits per heavy atom. The van der Waals surface area contributed by atoms with E-state index in [2.05, 4.69) is 15.4 Å². The van der Waals surface area contributed by atoms with Gasteiger partial charge in [0.15, 0.2) is 5.13 Å². The number of carboxylic acid groups (broad SMARTS) is 1. The minimum atomic E-state index is -0.910. The van der Waals surface area contributed by atoms with Crippen LogP contribution < -0.4 is 10.2 Å². The summed E-state index contributed by atoms with van der Waals surface area (Å²) in [7, 11) is 0. The lowest BCUT2D eigenvalue weighted by Gasteiger charge is -2.39. The molecule has 214 valence electrons. The molecule has 4 heterocycles. The highest BCUT2D eigenvalue weighted by molar-refractivity contribution is 7.22. The van der Waals surface area contributed by atoms with Gasteiger partial charge in [0.1, 0.15) is 11.5 Å². The van der Waals surface area contributed by atoms with Gasteiger partial charge in [-0.05, 0) is 62.1 Å². The first-order valence-corrected chi connectivity index (χ1v) is 16.0. The summed E-state index contributed by atoms with van der Waals surface area (Å²) >= 11 is 14.7. The van der Waals surface area contributed by atoms with Crippen molar-refractivity contribution in [3.8, 4) is 11.3 Å². The maximum absolute atomic E-state index is 12.0. The number of fused-ring (bicyclic) bond motifs is 5. The smallest absolute Gasteiger partial charge is 0.336 e. The van der Waals surface area contributed by atoms with Crippen LogP contribution in [0.1, 0.15) is 66.1 Å². The highest BCUT2D eigenvalue weighted by Crippen LogP contribution is 2.47. The van der Waals surface area contributed by atoms with Gasteiger partial charge in [-0.15, -0.1) is 0 Å². The van der Waals surface area contributed by atoms with Crippen LogP contribution >= 0.6 is 34.5 Å². The van der Waals surface area contributed by atoms with Crippen LogP contribution in [0.3, 0.4) is 0 Å². The summed E-state index contributed by atoms with van der Waals surface area (Å²) < 4.78 is 6.80. The van der Waals surface area contributed by atoms with E-state index in [0.717, 1.165) is 87.2 Å². The predicted octanol–water partition coefficient (Wildman–Crippen LogP) is 8.28.